The van der Waals surface area contributed by atoms with Gasteiger partial charge >= 0.3 is 5.51 Å². The zero-order chi connectivity index (χ0) is 17.8. The zero-order valence-corrected chi connectivity index (χ0v) is 15.0. The Morgan fingerprint density at radius 2 is 1.92 bits per heavy atom. The van der Waals surface area contributed by atoms with Gasteiger partial charge in [-0.15, -0.1) is 11.3 Å². The predicted octanol–water partition coefficient (Wildman–Crippen LogP) is 3.72. The molecular weight excluding hydrogens is 385 g/mol. The standard InChI is InChI=1S/C14H15F3O4S3/c1-22-11-8-20-12(21-9-11)5-3-2-4-10-6-7-13(23-10)24(18,19)14(15,16)17/h2-7,11-12H,8-9H2,1H3. The summed E-state index contributed by atoms with van der Waals surface area (Å²) in [5, 5.41) is 0.310. The number of hydrogen-bond acceptors (Lipinski definition) is 6. The monoisotopic (exact) mass is 400 g/mol. The molecule has 0 spiro atoms. The molecule has 134 valence electrons. The molecule has 1 saturated heterocycles. The number of hydrogen-bond donors (Lipinski definition) is 0. The largest absolute Gasteiger partial charge is 0.502 e. The van der Waals surface area contributed by atoms with Crippen molar-refractivity contribution in [3.63, 3.8) is 0 Å². The van der Waals surface area contributed by atoms with Gasteiger partial charge < -0.3 is 9.47 Å². The Morgan fingerprint density at radius 3 is 2.50 bits per heavy atom. The van der Waals surface area contributed by atoms with E-state index in [0.29, 0.717) is 34.7 Å². The molecule has 0 bridgehead atoms. The molecule has 0 aromatic carbocycles. The topological polar surface area (TPSA) is 52.6 Å². The van der Waals surface area contributed by atoms with Crippen LogP contribution in [0.1, 0.15) is 4.88 Å². The number of ether oxygens (including phenoxy) is 2. The van der Waals surface area contributed by atoms with Crippen LogP contribution in [0.3, 0.4) is 0 Å². The van der Waals surface area contributed by atoms with Gasteiger partial charge in [0.1, 0.15) is 4.21 Å². The first-order valence-electron chi connectivity index (χ1n) is 6.76. The van der Waals surface area contributed by atoms with E-state index in [1.807, 2.05) is 6.26 Å². The highest BCUT2D eigenvalue weighted by atomic mass is 32.2. The molecule has 0 saturated carbocycles. The molecule has 2 rings (SSSR count). The third kappa shape index (κ3) is 4.85. The summed E-state index contributed by atoms with van der Waals surface area (Å²) in [4.78, 5) is 0.399. The second-order valence-corrected chi connectivity index (χ2v) is 9.16. The van der Waals surface area contributed by atoms with Gasteiger partial charge in [0.15, 0.2) is 6.29 Å². The van der Waals surface area contributed by atoms with E-state index >= 15 is 0 Å². The molecule has 0 aliphatic carbocycles. The molecule has 0 radical (unpaired) electrons. The van der Waals surface area contributed by atoms with E-state index in [0.717, 1.165) is 6.07 Å². The molecule has 1 aliphatic heterocycles. The van der Waals surface area contributed by atoms with E-state index < -0.39 is 25.8 Å². The van der Waals surface area contributed by atoms with Crippen LogP contribution in [0.4, 0.5) is 13.2 Å². The van der Waals surface area contributed by atoms with Gasteiger partial charge in [-0.1, -0.05) is 12.2 Å². The normalized spacial score (nSPS) is 23.3. The van der Waals surface area contributed by atoms with Gasteiger partial charge in [-0.3, -0.25) is 0 Å². The zero-order valence-electron chi connectivity index (χ0n) is 12.5. The summed E-state index contributed by atoms with van der Waals surface area (Å²) in [6, 6.07) is 2.27. The van der Waals surface area contributed by atoms with Crippen molar-refractivity contribution in [1.29, 1.82) is 0 Å². The molecule has 10 heteroatoms. The van der Waals surface area contributed by atoms with Crippen LogP contribution in [0.15, 0.2) is 34.6 Å². The van der Waals surface area contributed by atoms with Crippen molar-refractivity contribution in [3.05, 3.63) is 35.2 Å². The van der Waals surface area contributed by atoms with Gasteiger partial charge in [0.05, 0.1) is 18.5 Å². The van der Waals surface area contributed by atoms with Crippen molar-refractivity contribution in [2.45, 2.75) is 21.3 Å². The minimum atomic E-state index is -5.29. The molecule has 1 aromatic heterocycles. The molecule has 2 heterocycles. The predicted molar refractivity (Wildman–Crippen MR) is 88.7 cm³/mol. The maximum atomic E-state index is 12.5. The van der Waals surface area contributed by atoms with Crippen LogP contribution in [0.25, 0.3) is 6.08 Å². The minimum Gasteiger partial charge on any atom is -0.348 e. The molecule has 1 fully saturated rings. The van der Waals surface area contributed by atoms with Gasteiger partial charge in [0.2, 0.25) is 0 Å². The van der Waals surface area contributed by atoms with Crippen molar-refractivity contribution in [1.82, 2.24) is 0 Å². The number of rotatable bonds is 5. The number of thiophene rings is 1. The third-order valence-electron chi connectivity index (χ3n) is 3.04. The van der Waals surface area contributed by atoms with E-state index in [1.165, 1.54) is 12.1 Å². The highest BCUT2D eigenvalue weighted by molar-refractivity contribution is 7.99. The van der Waals surface area contributed by atoms with Crippen molar-refractivity contribution in [2.24, 2.45) is 0 Å². The molecule has 4 nitrogen and oxygen atoms in total. The summed E-state index contributed by atoms with van der Waals surface area (Å²) >= 11 is 2.23. The van der Waals surface area contributed by atoms with Crippen LogP contribution in [-0.2, 0) is 19.3 Å². The average Bonchev–Trinajstić information content (AvgIpc) is 3.00. The Labute approximate surface area is 146 Å². The average molecular weight is 400 g/mol. The Bertz CT molecular complexity index is 699. The van der Waals surface area contributed by atoms with Crippen molar-refractivity contribution in [3.8, 4) is 0 Å². The lowest BCUT2D eigenvalue weighted by Gasteiger charge is -2.26. The number of halogens is 3. The highest BCUT2D eigenvalue weighted by Crippen LogP contribution is 2.34. The Balaban J connectivity index is 1.93. The first kappa shape index (κ1) is 19.5. The molecule has 0 N–H and O–H groups in total. The summed E-state index contributed by atoms with van der Waals surface area (Å²) in [7, 11) is -5.29. The first-order valence-corrected chi connectivity index (χ1v) is 10.3. The molecule has 0 atom stereocenters. The Morgan fingerprint density at radius 1 is 1.25 bits per heavy atom. The number of alkyl halides is 3. The number of thioether (sulfide) groups is 1. The maximum absolute atomic E-state index is 12.5. The quantitative estimate of drug-likeness (QED) is 0.706. The van der Waals surface area contributed by atoms with E-state index in [4.69, 9.17) is 9.47 Å². The second-order valence-electron chi connectivity index (χ2n) is 4.74. The van der Waals surface area contributed by atoms with Crippen LogP contribution in [0.2, 0.25) is 0 Å². The van der Waals surface area contributed by atoms with Crippen LogP contribution >= 0.6 is 23.1 Å². The SMILES string of the molecule is CSC1COC(C=CC=Cc2ccc(S(=O)(=O)C(F)(F)F)s2)OC1. The molecule has 0 amide bonds. The molecule has 1 aromatic rings. The summed E-state index contributed by atoms with van der Waals surface area (Å²) in [5.74, 6) is 0. The van der Waals surface area contributed by atoms with Crippen molar-refractivity contribution < 1.29 is 31.1 Å². The maximum Gasteiger partial charge on any atom is 0.502 e. The lowest BCUT2D eigenvalue weighted by atomic mass is 10.3. The van der Waals surface area contributed by atoms with E-state index in [9.17, 15) is 21.6 Å². The molecular formula is C14H15F3O4S3. The first-order chi connectivity index (χ1) is 11.2. The van der Waals surface area contributed by atoms with Gasteiger partial charge in [0, 0.05) is 4.88 Å². The number of allylic oxidation sites excluding steroid dienone is 2. The minimum absolute atomic E-state index is 0.310. The fourth-order valence-corrected chi connectivity index (χ4v) is 4.30. The second kappa shape index (κ2) is 8.05. The smallest absolute Gasteiger partial charge is 0.348 e. The molecule has 1 aliphatic rings. The van der Waals surface area contributed by atoms with Gasteiger partial charge in [-0.2, -0.15) is 24.9 Å². The van der Waals surface area contributed by atoms with Crippen LogP contribution < -0.4 is 0 Å². The summed E-state index contributed by atoms with van der Waals surface area (Å²) in [6.07, 6.45) is 7.94. The highest BCUT2D eigenvalue weighted by Gasteiger charge is 2.47. The van der Waals surface area contributed by atoms with E-state index in [1.54, 1.807) is 30.0 Å². The fraction of sp³-hybridized carbons (Fsp3) is 0.429. The molecule has 24 heavy (non-hydrogen) atoms. The fourth-order valence-electron chi connectivity index (χ4n) is 1.74. The third-order valence-corrected chi connectivity index (χ3v) is 7.01. The Hall–Kier alpha value is -0.810. The summed E-state index contributed by atoms with van der Waals surface area (Å²) in [5.41, 5.74) is -5.29. The van der Waals surface area contributed by atoms with Gasteiger partial charge in [-0.25, -0.2) is 8.42 Å². The lowest BCUT2D eigenvalue weighted by Crippen LogP contribution is -2.32. The van der Waals surface area contributed by atoms with Crippen LogP contribution in [0, 0.1) is 0 Å². The van der Waals surface area contributed by atoms with Crippen LogP contribution in [0.5, 0.6) is 0 Å². The summed E-state index contributed by atoms with van der Waals surface area (Å²) in [6.45, 7) is 1.17. The Kier molecular flexibility index (Phi) is 6.54. The van der Waals surface area contributed by atoms with E-state index in [2.05, 4.69) is 0 Å². The molecule has 0 unspecified atom stereocenters. The van der Waals surface area contributed by atoms with Gasteiger partial charge in [-0.05, 0) is 30.5 Å². The van der Waals surface area contributed by atoms with Crippen molar-refractivity contribution >= 4 is 39.0 Å². The summed E-state index contributed by atoms with van der Waals surface area (Å²) < 4.78 is 70.1. The lowest BCUT2D eigenvalue weighted by molar-refractivity contribution is -0.146. The van der Waals surface area contributed by atoms with E-state index in [-0.39, 0.29) is 0 Å². The van der Waals surface area contributed by atoms with Gasteiger partial charge in [0.25, 0.3) is 9.84 Å². The van der Waals surface area contributed by atoms with Crippen LogP contribution in [-0.4, -0.2) is 44.9 Å². The van der Waals surface area contributed by atoms with Crippen molar-refractivity contribution in [2.75, 3.05) is 19.5 Å². The number of sulfone groups is 1.